The van der Waals surface area contributed by atoms with Gasteiger partial charge in [0.1, 0.15) is 6.21 Å². The Morgan fingerprint density at radius 2 is 2.12 bits per heavy atom. The van der Waals surface area contributed by atoms with Crippen LogP contribution in [-0.2, 0) is 14.3 Å². The van der Waals surface area contributed by atoms with Gasteiger partial charge in [0.2, 0.25) is 0 Å². The van der Waals surface area contributed by atoms with E-state index in [4.69, 9.17) is 4.74 Å². The van der Waals surface area contributed by atoms with Crippen LogP contribution in [0.1, 0.15) is 26.7 Å². The first kappa shape index (κ1) is 18.4. The summed E-state index contributed by atoms with van der Waals surface area (Å²) in [5, 5.41) is 0. The van der Waals surface area contributed by atoms with Gasteiger partial charge in [0.15, 0.2) is 5.92 Å². The van der Waals surface area contributed by atoms with Crippen molar-refractivity contribution in [3.05, 3.63) is 10.5 Å². The van der Waals surface area contributed by atoms with Crippen LogP contribution in [0.5, 0.6) is 0 Å². The van der Waals surface area contributed by atoms with Gasteiger partial charge in [-0.25, -0.2) is 4.79 Å². The number of hydrogen-bond acceptors (Lipinski definition) is 6. The molecule has 2 aliphatic rings. The molecule has 0 aromatic rings. The standard InChI is InChI=1S/C16H22N3O4S/c1-5-7-10-8-17-14-12(13(10)24-9-11(20)23-6-2)15(21)19(4)16(22)18(14)3/h8,12H,5-7,9H2,1-4H3/q+1. The van der Waals surface area contributed by atoms with Gasteiger partial charge in [-0.3, -0.25) is 9.59 Å². The van der Waals surface area contributed by atoms with Gasteiger partial charge in [-0.15, -0.1) is 16.8 Å². The van der Waals surface area contributed by atoms with Gasteiger partial charge >= 0.3 is 17.9 Å². The van der Waals surface area contributed by atoms with E-state index >= 15 is 0 Å². The fourth-order valence-electron chi connectivity index (χ4n) is 2.67. The zero-order chi connectivity index (χ0) is 17.9. The summed E-state index contributed by atoms with van der Waals surface area (Å²) in [4.78, 5) is 42.7. The molecule has 130 valence electrons. The van der Waals surface area contributed by atoms with E-state index in [9.17, 15) is 14.4 Å². The van der Waals surface area contributed by atoms with Gasteiger partial charge in [-0.1, -0.05) is 13.3 Å². The Morgan fingerprint density at radius 1 is 1.42 bits per heavy atom. The van der Waals surface area contributed by atoms with Crippen LogP contribution in [0.15, 0.2) is 15.5 Å². The number of ether oxygens (including phenoxy) is 1. The highest BCUT2D eigenvalue weighted by molar-refractivity contribution is 8.03. The van der Waals surface area contributed by atoms with E-state index in [0.29, 0.717) is 12.4 Å². The van der Waals surface area contributed by atoms with Crippen molar-refractivity contribution in [2.24, 2.45) is 10.9 Å². The molecule has 0 spiro atoms. The van der Waals surface area contributed by atoms with Gasteiger partial charge < -0.3 is 4.74 Å². The number of rotatable bonds is 6. The summed E-state index contributed by atoms with van der Waals surface area (Å²) in [5.41, 5.74) is 0.935. The summed E-state index contributed by atoms with van der Waals surface area (Å²) in [6.07, 6.45) is 3.35. The Morgan fingerprint density at radius 3 is 2.75 bits per heavy atom. The van der Waals surface area contributed by atoms with Crippen molar-refractivity contribution in [3.8, 4) is 0 Å². The Bertz CT molecular complexity index is 666. The molecule has 2 rings (SSSR count). The summed E-state index contributed by atoms with van der Waals surface area (Å²) >= 11 is 1.30. The van der Waals surface area contributed by atoms with Gasteiger partial charge in [0.05, 0.1) is 26.5 Å². The van der Waals surface area contributed by atoms with Gasteiger partial charge in [-0.2, -0.15) is 9.48 Å². The minimum atomic E-state index is -0.635. The average molecular weight is 352 g/mol. The van der Waals surface area contributed by atoms with Crippen molar-refractivity contribution in [3.63, 3.8) is 0 Å². The number of amides is 3. The molecule has 0 aliphatic carbocycles. The van der Waals surface area contributed by atoms with Crippen molar-refractivity contribution >= 4 is 41.7 Å². The molecule has 3 amide bonds. The highest BCUT2D eigenvalue weighted by Gasteiger charge is 2.48. The number of dihydropyridines is 1. The molecule has 0 saturated heterocycles. The number of fused-ring (bicyclic) bond motifs is 1. The summed E-state index contributed by atoms with van der Waals surface area (Å²) in [5.74, 6) is -0.735. The Hall–Kier alpha value is -1.96. The summed E-state index contributed by atoms with van der Waals surface area (Å²) in [6.45, 7) is 4.11. The average Bonchev–Trinajstić information content (AvgIpc) is 2.57. The SMILES string of the molecule is CCCC1=C(SCC(=O)OCC)C2C(=O)N(C)C(=O)[N+](C)=C2N=C1. The number of aliphatic imine (C=N–C) groups is 1. The molecule has 7 nitrogen and oxygen atoms in total. The third kappa shape index (κ3) is 3.43. The number of nitrogens with zero attached hydrogens (tertiary/aromatic N) is 3. The molecule has 0 aromatic carbocycles. The van der Waals surface area contributed by atoms with E-state index in [-0.39, 0.29) is 17.6 Å². The van der Waals surface area contributed by atoms with Crippen LogP contribution >= 0.6 is 11.8 Å². The number of hydrogen-bond donors (Lipinski definition) is 0. The smallest absolute Gasteiger partial charge is 0.445 e. The van der Waals surface area contributed by atoms with Gasteiger partial charge in [0, 0.05) is 4.91 Å². The van der Waals surface area contributed by atoms with Crippen LogP contribution in [-0.4, -0.2) is 65.9 Å². The number of imide groups is 1. The molecule has 1 unspecified atom stereocenters. The predicted octanol–water partition coefficient (Wildman–Crippen LogP) is 1.67. The third-order valence-corrected chi connectivity index (χ3v) is 5.04. The zero-order valence-corrected chi connectivity index (χ0v) is 15.2. The largest absolute Gasteiger partial charge is 0.465 e. The predicted molar refractivity (Wildman–Crippen MR) is 92.4 cm³/mol. The number of esters is 1. The van der Waals surface area contributed by atoms with Crippen LogP contribution in [0.4, 0.5) is 4.79 Å². The summed E-state index contributed by atoms with van der Waals surface area (Å²) in [7, 11) is 3.06. The lowest BCUT2D eigenvalue weighted by Gasteiger charge is -2.28. The quantitative estimate of drug-likeness (QED) is 0.537. The maximum absolute atomic E-state index is 12.7. The Labute approximate surface area is 145 Å². The molecular formula is C16H22N3O4S+. The van der Waals surface area contributed by atoms with Crippen LogP contribution in [0, 0.1) is 5.92 Å². The Kier molecular flexibility index (Phi) is 5.93. The van der Waals surface area contributed by atoms with E-state index in [1.54, 1.807) is 20.2 Å². The minimum absolute atomic E-state index is 0.128. The molecule has 0 bridgehead atoms. The first-order valence-corrected chi connectivity index (χ1v) is 8.88. The van der Waals surface area contributed by atoms with Crippen LogP contribution in [0.25, 0.3) is 0 Å². The molecule has 0 N–H and O–H groups in total. The lowest BCUT2D eigenvalue weighted by Crippen LogP contribution is -2.52. The molecule has 0 fully saturated rings. The van der Waals surface area contributed by atoms with Crippen molar-refractivity contribution in [2.45, 2.75) is 26.7 Å². The topological polar surface area (TPSA) is 79.1 Å². The number of amidine groups is 1. The van der Waals surface area contributed by atoms with Gasteiger partial charge in [-0.05, 0) is 18.9 Å². The van der Waals surface area contributed by atoms with E-state index in [2.05, 4.69) is 4.99 Å². The first-order chi connectivity index (χ1) is 11.4. The minimum Gasteiger partial charge on any atom is -0.465 e. The summed E-state index contributed by atoms with van der Waals surface area (Å²) < 4.78 is 6.35. The van der Waals surface area contributed by atoms with Crippen molar-refractivity contribution in [1.82, 2.24) is 4.90 Å². The first-order valence-electron chi connectivity index (χ1n) is 7.89. The van der Waals surface area contributed by atoms with Gasteiger partial charge in [0.25, 0.3) is 5.84 Å². The Balaban J connectivity index is 2.40. The highest BCUT2D eigenvalue weighted by Crippen LogP contribution is 2.36. The molecule has 0 saturated carbocycles. The van der Waals surface area contributed by atoms with Crippen molar-refractivity contribution in [1.29, 1.82) is 0 Å². The third-order valence-electron chi connectivity index (χ3n) is 3.85. The lowest BCUT2D eigenvalue weighted by atomic mass is 9.96. The van der Waals surface area contributed by atoms with Crippen LogP contribution < -0.4 is 0 Å². The fraction of sp³-hybridized carbons (Fsp3) is 0.562. The van der Waals surface area contributed by atoms with E-state index < -0.39 is 11.9 Å². The van der Waals surface area contributed by atoms with Crippen LogP contribution in [0.2, 0.25) is 0 Å². The number of urea groups is 1. The second-order valence-electron chi connectivity index (χ2n) is 5.52. The van der Waals surface area contributed by atoms with Crippen molar-refractivity contribution < 1.29 is 23.7 Å². The molecular weight excluding hydrogens is 330 g/mol. The fourth-order valence-corrected chi connectivity index (χ4v) is 3.74. The lowest BCUT2D eigenvalue weighted by molar-refractivity contribution is -0.407. The monoisotopic (exact) mass is 352 g/mol. The highest BCUT2D eigenvalue weighted by atomic mass is 32.2. The molecule has 0 aromatic heterocycles. The normalized spacial score (nSPS) is 20.7. The molecule has 2 aliphatic heterocycles. The second kappa shape index (κ2) is 7.74. The molecule has 8 heteroatoms. The molecule has 1 atom stereocenters. The summed E-state index contributed by atoms with van der Waals surface area (Å²) in [6, 6.07) is -0.405. The molecule has 2 heterocycles. The number of allylic oxidation sites excluding steroid dienone is 1. The number of carbonyl (C=O) groups is 3. The second-order valence-corrected chi connectivity index (χ2v) is 6.54. The van der Waals surface area contributed by atoms with Crippen molar-refractivity contribution in [2.75, 3.05) is 26.5 Å². The maximum Gasteiger partial charge on any atom is 0.445 e. The zero-order valence-electron chi connectivity index (χ0n) is 14.4. The van der Waals surface area contributed by atoms with E-state index in [1.165, 1.54) is 23.4 Å². The van der Waals surface area contributed by atoms with Crippen LogP contribution in [0.3, 0.4) is 0 Å². The number of thioether (sulfide) groups is 1. The number of carbonyl (C=O) groups excluding carboxylic acids is 3. The maximum atomic E-state index is 12.7. The molecule has 24 heavy (non-hydrogen) atoms. The molecule has 0 radical (unpaired) electrons. The van der Waals surface area contributed by atoms with E-state index in [1.807, 2.05) is 6.92 Å². The van der Waals surface area contributed by atoms with E-state index in [0.717, 1.165) is 28.2 Å².